The average Bonchev–Trinajstić information content (AvgIpc) is 2.82. The van der Waals surface area contributed by atoms with Crippen molar-refractivity contribution in [1.82, 2.24) is 10.2 Å². The summed E-state index contributed by atoms with van der Waals surface area (Å²) in [4.78, 5) is 26.6. The summed E-state index contributed by atoms with van der Waals surface area (Å²) < 4.78 is 0. The Morgan fingerprint density at radius 1 is 1.42 bits per heavy atom. The van der Waals surface area contributed by atoms with E-state index >= 15 is 0 Å². The van der Waals surface area contributed by atoms with E-state index in [1.165, 1.54) is 0 Å². The van der Waals surface area contributed by atoms with E-state index in [4.69, 9.17) is 6.42 Å². The number of hydrogen-bond donors (Lipinski definition) is 1. The fourth-order valence-electron chi connectivity index (χ4n) is 3.26. The van der Waals surface area contributed by atoms with Gasteiger partial charge in [0.1, 0.15) is 5.54 Å². The highest BCUT2D eigenvalue weighted by Gasteiger charge is 2.47. The van der Waals surface area contributed by atoms with Crippen molar-refractivity contribution in [1.29, 1.82) is 0 Å². The van der Waals surface area contributed by atoms with Crippen molar-refractivity contribution >= 4 is 11.8 Å². The molecule has 1 spiro atoms. The molecular formula is C15H22N2O2. The van der Waals surface area contributed by atoms with Gasteiger partial charge in [0.25, 0.3) is 0 Å². The predicted octanol–water partition coefficient (Wildman–Crippen LogP) is 1.45. The van der Waals surface area contributed by atoms with Crippen molar-refractivity contribution in [3.8, 4) is 12.3 Å². The molecule has 0 aromatic rings. The van der Waals surface area contributed by atoms with Crippen molar-refractivity contribution < 1.29 is 9.59 Å². The molecule has 1 heterocycles. The highest BCUT2D eigenvalue weighted by molar-refractivity contribution is 5.94. The Labute approximate surface area is 114 Å². The highest BCUT2D eigenvalue weighted by atomic mass is 16.2. The third-order valence-electron chi connectivity index (χ3n) is 4.35. The number of terminal acetylenes is 1. The van der Waals surface area contributed by atoms with Crippen LogP contribution in [0.5, 0.6) is 0 Å². The molecule has 2 fully saturated rings. The van der Waals surface area contributed by atoms with Crippen molar-refractivity contribution in [2.24, 2.45) is 0 Å². The molecule has 4 heteroatoms. The quantitative estimate of drug-likeness (QED) is 0.783. The van der Waals surface area contributed by atoms with E-state index in [1.807, 2.05) is 11.8 Å². The molecule has 1 aliphatic heterocycles. The van der Waals surface area contributed by atoms with Gasteiger partial charge in [-0.1, -0.05) is 19.8 Å². The molecule has 2 rings (SSSR count). The van der Waals surface area contributed by atoms with Gasteiger partial charge >= 0.3 is 0 Å². The lowest BCUT2D eigenvalue weighted by Crippen LogP contribution is -2.57. The summed E-state index contributed by atoms with van der Waals surface area (Å²) in [6.07, 6.45) is 10.7. The lowest BCUT2D eigenvalue weighted by molar-refractivity contribution is -0.140. The standard InChI is InChI=1S/C15H22N2O2/c1-3-7-12(4-2)17-11-8-13(18)16-15(14(17)19)9-5-6-10-15/h1,12H,4-11H2,2H3,(H,16,18). The van der Waals surface area contributed by atoms with Crippen LogP contribution in [0.2, 0.25) is 0 Å². The summed E-state index contributed by atoms with van der Waals surface area (Å²) in [7, 11) is 0. The smallest absolute Gasteiger partial charge is 0.248 e. The van der Waals surface area contributed by atoms with Gasteiger partial charge < -0.3 is 10.2 Å². The van der Waals surface area contributed by atoms with E-state index in [0.717, 1.165) is 32.1 Å². The molecule has 104 valence electrons. The first kappa shape index (κ1) is 13.9. The topological polar surface area (TPSA) is 49.4 Å². The molecule has 0 bridgehead atoms. The van der Waals surface area contributed by atoms with Crippen molar-refractivity contribution in [3.63, 3.8) is 0 Å². The maximum absolute atomic E-state index is 12.8. The number of amides is 2. The van der Waals surface area contributed by atoms with E-state index in [1.54, 1.807) is 0 Å². The minimum atomic E-state index is -0.643. The van der Waals surface area contributed by atoms with Gasteiger partial charge in [-0.3, -0.25) is 9.59 Å². The lowest BCUT2D eigenvalue weighted by Gasteiger charge is -2.35. The van der Waals surface area contributed by atoms with Crippen LogP contribution in [0.15, 0.2) is 0 Å². The Morgan fingerprint density at radius 3 is 2.68 bits per heavy atom. The summed E-state index contributed by atoms with van der Waals surface area (Å²) in [6, 6.07) is 0.0580. The van der Waals surface area contributed by atoms with Crippen molar-refractivity contribution in [3.05, 3.63) is 0 Å². The third-order valence-corrected chi connectivity index (χ3v) is 4.35. The Kier molecular flexibility index (Phi) is 4.14. The lowest BCUT2D eigenvalue weighted by atomic mass is 9.94. The normalized spacial score (nSPS) is 23.9. The molecule has 19 heavy (non-hydrogen) atoms. The number of nitrogens with one attached hydrogen (secondary N) is 1. The molecule has 0 aromatic carbocycles. The van der Waals surface area contributed by atoms with Gasteiger partial charge in [-0.2, -0.15) is 0 Å². The molecule has 4 nitrogen and oxygen atoms in total. The molecule has 1 saturated heterocycles. The molecule has 0 aromatic heterocycles. The van der Waals surface area contributed by atoms with Gasteiger partial charge in [0.2, 0.25) is 11.8 Å². The number of rotatable bonds is 3. The Balaban J connectivity index is 2.26. The van der Waals surface area contributed by atoms with Crippen LogP contribution in [0.3, 0.4) is 0 Å². The molecule has 1 saturated carbocycles. The van der Waals surface area contributed by atoms with Gasteiger partial charge in [0.05, 0.1) is 0 Å². The molecule has 1 unspecified atom stereocenters. The summed E-state index contributed by atoms with van der Waals surface area (Å²) >= 11 is 0. The maximum Gasteiger partial charge on any atom is 0.248 e. The first-order valence-corrected chi connectivity index (χ1v) is 7.18. The van der Waals surface area contributed by atoms with Gasteiger partial charge in [-0.15, -0.1) is 12.3 Å². The second kappa shape index (κ2) is 5.64. The first-order valence-electron chi connectivity index (χ1n) is 7.18. The minimum Gasteiger partial charge on any atom is -0.342 e. The van der Waals surface area contributed by atoms with Crippen molar-refractivity contribution in [2.75, 3.05) is 6.54 Å². The highest BCUT2D eigenvalue weighted by Crippen LogP contribution is 2.34. The fraction of sp³-hybridized carbons (Fsp3) is 0.733. The van der Waals surface area contributed by atoms with Crippen LogP contribution >= 0.6 is 0 Å². The average molecular weight is 262 g/mol. The van der Waals surface area contributed by atoms with Crippen LogP contribution in [-0.4, -0.2) is 34.8 Å². The number of hydrogen-bond acceptors (Lipinski definition) is 2. The number of carbonyl (C=O) groups excluding carboxylic acids is 2. The zero-order chi connectivity index (χ0) is 13.9. The minimum absolute atomic E-state index is 0.00619. The van der Waals surface area contributed by atoms with Gasteiger partial charge in [0.15, 0.2) is 0 Å². The van der Waals surface area contributed by atoms with E-state index < -0.39 is 5.54 Å². The fourth-order valence-corrected chi connectivity index (χ4v) is 3.26. The van der Waals surface area contributed by atoms with Gasteiger partial charge in [-0.25, -0.2) is 0 Å². The molecule has 0 radical (unpaired) electrons. The third kappa shape index (κ3) is 2.60. The van der Waals surface area contributed by atoms with Crippen molar-refractivity contribution in [2.45, 2.75) is 63.5 Å². The van der Waals surface area contributed by atoms with E-state index in [-0.39, 0.29) is 17.9 Å². The molecular weight excluding hydrogens is 240 g/mol. The SMILES string of the molecule is C#CCC(CC)N1CCC(=O)NC2(CCCC2)C1=O. The summed E-state index contributed by atoms with van der Waals surface area (Å²) in [6.45, 7) is 2.53. The zero-order valence-corrected chi connectivity index (χ0v) is 11.6. The largest absolute Gasteiger partial charge is 0.342 e. The molecule has 1 N–H and O–H groups in total. The van der Waals surface area contributed by atoms with Gasteiger partial charge in [0, 0.05) is 25.4 Å². The van der Waals surface area contributed by atoms with Crippen LogP contribution in [0.1, 0.15) is 51.9 Å². The van der Waals surface area contributed by atoms with E-state index in [9.17, 15) is 9.59 Å². The van der Waals surface area contributed by atoms with E-state index in [2.05, 4.69) is 11.2 Å². The summed E-state index contributed by atoms with van der Waals surface area (Å²) in [5, 5.41) is 2.97. The van der Waals surface area contributed by atoms with Crippen LogP contribution in [0, 0.1) is 12.3 Å². The van der Waals surface area contributed by atoms with Crippen LogP contribution < -0.4 is 5.32 Å². The predicted molar refractivity (Wildman–Crippen MR) is 73.2 cm³/mol. The first-order chi connectivity index (χ1) is 9.13. The van der Waals surface area contributed by atoms with Crippen LogP contribution in [0.4, 0.5) is 0 Å². The number of nitrogens with zero attached hydrogens (tertiary/aromatic N) is 1. The second-order valence-corrected chi connectivity index (χ2v) is 5.56. The maximum atomic E-state index is 12.8. The molecule has 2 amide bonds. The molecule has 1 atom stereocenters. The Hall–Kier alpha value is -1.50. The zero-order valence-electron chi connectivity index (χ0n) is 11.6. The Bertz CT molecular complexity index is 405. The summed E-state index contributed by atoms with van der Waals surface area (Å²) in [5.74, 6) is 2.72. The summed E-state index contributed by atoms with van der Waals surface area (Å²) in [5.41, 5.74) is -0.643. The molecule has 2 aliphatic rings. The monoisotopic (exact) mass is 262 g/mol. The van der Waals surface area contributed by atoms with Crippen LogP contribution in [0.25, 0.3) is 0 Å². The second-order valence-electron chi connectivity index (χ2n) is 5.56. The number of carbonyl (C=O) groups is 2. The van der Waals surface area contributed by atoms with Gasteiger partial charge in [-0.05, 0) is 19.3 Å². The Morgan fingerprint density at radius 2 is 2.11 bits per heavy atom. The van der Waals surface area contributed by atoms with Crippen LogP contribution in [-0.2, 0) is 9.59 Å². The molecule has 1 aliphatic carbocycles. The van der Waals surface area contributed by atoms with E-state index in [0.29, 0.717) is 19.4 Å².